The summed E-state index contributed by atoms with van der Waals surface area (Å²) in [4.78, 5) is 14.9. The van der Waals surface area contributed by atoms with E-state index in [1.807, 2.05) is 6.07 Å². The fourth-order valence-corrected chi connectivity index (χ4v) is 5.66. The summed E-state index contributed by atoms with van der Waals surface area (Å²) in [5.74, 6) is 0.240. The minimum Gasteiger partial charge on any atom is -0.310 e. The Morgan fingerprint density at radius 1 is 0.750 bits per heavy atom. The molecule has 2 nitrogen and oxygen atoms in total. The van der Waals surface area contributed by atoms with Gasteiger partial charge in [-0.2, -0.15) is 0 Å². The Bertz CT molecular complexity index is 1400. The number of Topliss-reactive ketones (excluding diaryl/α,β-unsaturated/α-hetero) is 1. The number of ketones is 1. The standard InChI is InChI=1S/C34H35NO/c1-6-7-16-33(36)25-17-19-27(23(2)21-25)28-20-18-26(22-24(28)3)35-31-14-10-8-12-29(31)34(4,5)30-13-9-11-15-32(30)35/h8-15,17-22H,6-7,16H2,1-5H3. The second-order valence-corrected chi connectivity index (χ2v) is 10.6. The summed E-state index contributed by atoms with van der Waals surface area (Å²) in [7, 11) is 0. The molecule has 2 heteroatoms. The number of hydrogen-bond donors (Lipinski definition) is 0. The highest BCUT2D eigenvalue weighted by molar-refractivity contribution is 5.97. The van der Waals surface area contributed by atoms with Gasteiger partial charge in [-0.1, -0.05) is 81.8 Å². The average molecular weight is 474 g/mol. The van der Waals surface area contributed by atoms with Gasteiger partial charge in [0.25, 0.3) is 0 Å². The number of rotatable bonds is 6. The molecule has 4 aromatic carbocycles. The van der Waals surface area contributed by atoms with Gasteiger partial charge < -0.3 is 4.90 Å². The van der Waals surface area contributed by atoms with Crippen LogP contribution in [-0.4, -0.2) is 5.78 Å². The Morgan fingerprint density at radius 3 is 1.86 bits per heavy atom. The van der Waals surface area contributed by atoms with E-state index in [9.17, 15) is 4.79 Å². The molecule has 5 rings (SSSR count). The van der Waals surface area contributed by atoms with Crippen molar-refractivity contribution in [3.05, 3.63) is 113 Å². The summed E-state index contributed by atoms with van der Waals surface area (Å²) in [5, 5.41) is 0. The maximum atomic E-state index is 12.5. The molecule has 0 saturated heterocycles. The first-order valence-corrected chi connectivity index (χ1v) is 13.1. The van der Waals surface area contributed by atoms with Crippen LogP contribution in [0.5, 0.6) is 0 Å². The first-order valence-electron chi connectivity index (χ1n) is 13.1. The van der Waals surface area contributed by atoms with Crippen molar-refractivity contribution < 1.29 is 4.79 Å². The van der Waals surface area contributed by atoms with Crippen LogP contribution in [0.25, 0.3) is 11.1 Å². The van der Waals surface area contributed by atoms with Gasteiger partial charge in [-0.15, -0.1) is 0 Å². The molecule has 0 aromatic heterocycles. The lowest BCUT2D eigenvalue weighted by atomic mass is 9.73. The summed E-state index contributed by atoms with van der Waals surface area (Å²) in [6.45, 7) is 11.0. The number of para-hydroxylation sites is 2. The van der Waals surface area contributed by atoms with Crippen LogP contribution >= 0.6 is 0 Å². The van der Waals surface area contributed by atoms with Crippen molar-refractivity contribution in [3.63, 3.8) is 0 Å². The van der Waals surface area contributed by atoms with Crippen molar-refractivity contribution in [1.82, 2.24) is 0 Å². The van der Waals surface area contributed by atoms with Crippen LogP contribution in [0, 0.1) is 13.8 Å². The van der Waals surface area contributed by atoms with E-state index in [0.717, 1.165) is 29.7 Å². The van der Waals surface area contributed by atoms with E-state index in [4.69, 9.17) is 0 Å². The van der Waals surface area contributed by atoms with E-state index in [-0.39, 0.29) is 11.2 Å². The molecule has 1 aliphatic heterocycles. The summed E-state index contributed by atoms with van der Waals surface area (Å²) in [6.07, 6.45) is 2.61. The predicted molar refractivity (Wildman–Crippen MR) is 152 cm³/mol. The topological polar surface area (TPSA) is 20.3 Å². The largest absolute Gasteiger partial charge is 0.310 e. The number of hydrogen-bond acceptors (Lipinski definition) is 2. The number of carbonyl (C=O) groups excluding carboxylic acids is 1. The number of anilines is 3. The van der Waals surface area contributed by atoms with Gasteiger partial charge in [-0.3, -0.25) is 4.79 Å². The van der Waals surface area contributed by atoms with Gasteiger partial charge >= 0.3 is 0 Å². The van der Waals surface area contributed by atoms with Crippen molar-refractivity contribution in [2.75, 3.05) is 4.90 Å². The third kappa shape index (κ3) is 4.05. The molecule has 1 aliphatic rings. The highest BCUT2D eigenvalue weighted by atomic mass is 16.1. The van der Waals surface area contributed by atoms with Gasteiger partial charge in [-0.25, -0.2) is 0 Å². The van der Waals surface area contributed by atoms with Crippen LogP contribution in [0.15, 0.2) is 84.9 Å². The molecule has 0 N–H and O–H groups in total. The molecular formula is C34H35NO. The molecule has 0 fully saturated rings. The molecule has 0 bridgehead atoms. The van der Waals surface area contributed by atoms with Crippen LogP contribution in [0.3, 0.4) is 0 Å². The molecule has 0 spiro atoms. The lowest BCUT2D eigenvalue weighted by molar-refractivity contribution is 0.0979. The third-order valence-corrected chi connectivity index (χ3v) is 7.70. The molecule has 0 amide bonds. The Labute approximate surface area is 215 Å². The Morgan fingerprint density at radius 2 is 1.31 bits per heavy atom. The van der Waals surface area contributed by atoms with Crippen LogP contribution in [0.2, 0.25) is 0 Å². The summed E-state index contributed by atoms with van der Waals surface area (Å²) < 4.78 is 0. The van der Waals surface area contributed by atoms with E-state index in [2.05, 4.69) is 118 Å². The van der Waals surface area contributed by atoms with Crippen molar-refractivity contribution in [3.8, 4) is 11.1 Å². The van der Waals surface area contributed by atoms with Gasteiger partial charge in [0.05, 0.1) is 11.4 Å². The second kappa shape index (κ2) is 9.43. The lowest BCUT2D eigenvalue weighted by Crippen LogP contribution is -2.30. The van der Waals surface area contributed by atoms with Crippen LogP contribution in [0.1, 0.15) is 72.6 Å². The molecule has 0 atom stereocenters. The molecule has 0 unspecified atom stereocenters. The highest BCUT2D eigenvalue weighted by Gasteiger charge is 2.36. The number of aryl methyl sites for hydroxylation is 2. The minimum atomic E-state index is -0.0634. The molecule has 1 heterocycles. The average Bonchev–Trinajstić information content (AvgIpc) is 2.88. The number of fused-ring (bicyclic) bond motifs is 2. The third-order valence-electron chi connectivity index (χ3n) is 7.70. The predicted octanol–water partition coefficient (Wildman–Crippen LogP) is 9.45. The maximum Gasteiger partial charge on any atom is 0.162 e. The summed E-state index contributed by atoms with van der Waals surface area (Å²) in [5.41, 5.74) is 11.8. The summed E-state index contributed by atoms with van der Waals surface area (Å²) >= 11 is 0. The lowest BCUT2D eigenvalue weighted by Gasteiger charge is -2.42. The molecule has 182 valence electrons. The Kier molecular flexibility index (Phi) is 6.30. The number of benzene rings is 4. The smallest absolute Gasteiger partial charge is 0.162 e. The Balaban J connectivity index is 1.56. The molecular weight excluding hydrogens is 438 g/mol. The van der Waals surface area contributed by atoms with Gasteiger partial charge in [0.1, 0.15) is 0 Å². The van der Waals surface area contributed by atoms with Crippen molar-refractivity contribution in [2.45, 2.75) is 59.3 Å². The van der Waals surface area contributed by atoms with Gasteiger partial charge in [0.15, 0.2) is 5.78 Å². The van der Waals surface area contributed by atoms with E-state index in [1.165, 1.54) is 39.2 Å². The van der Waals surface area contributed by atoms with Crippen molar-refractivity contribution in [2.24, 2.45) is 0 Å². The van der Waals surface area contributed by atoms with E-state index < -0.39 is 0 Å². The highest BCUT2D eigenvalue weighted by Crippen LogP contribution is 2.51. The fraction of sp³-hybridized carbons (Fsp3) is 0.265. The van der Waals surface area contributed by atoms with Crippen LogP contribution < -0.4 is 4.90 Å². The van der Waals surface area contributed by atoms with E-state index >= 15 is 0 Å². The van der Waals surface area contributed by atoms with Crippen LogP contribution in [-0.2, 0) is 5.41 Å². The van der Waals surface area contributed by atoms with Gasteiger partial charge in [-0.05, 0) is 84.0 Å². The fourth-order valence-electron chi connectivity index (χ4n) is 5.66. The zero-order valence-corrected chi connectivity index (χ0v) is 22.1. The number of nitrogens with zero attached hydrogens (tertiary/aromatic N) is 1. The molecule has 0 aliphatic carbocycles. The van der Waals surface area contributed by atoms with Crippen molar-refractivity contribution >= 4 is 22.8 Å². The first-order chi connectivity index (χ1) is 17.3. The monoisotopic (exact) mass is 473 g/mol. The normalized spacial score (nSPS) is 13.8. The van der Waals surface area contributed by atoms with Crippen molar-refractivity contribution in [1.29, 1.82) is 0 Å². The first kappa shape index (κ1) is 24.1. The molecule has 0 saturated carbocycles. The van der Waals surface area contributed by atoms with E-state index in [1.54, 1.807) is 0 Å². The number of carbonyl (C=O) groups is 1. The van der Waals surface area contributed by atoms with Gasteiger partial charge in [0.2, 0.25) is 0 Å². The second-order valence-electron chi connectivity index (χ2n) is 10.6. The molecule has 0 radical (unpaired) electrons. The summed E-state index contributed by atoms with van der Waals surface area (Å²) in [6, 6.07) is 30.4. The molecule has 36 heavy (non-hydrogen) atoms. The molecule has 4 aromatic rings. The minimum absolute atomic E-state index is 0.0634. The zero-order chi connectivity index (χ0) is 25.4. The number of unbranched alkanes of at least 4 members (excludes halogenated alkanes) is 1. The maximum absolute atomic E-state index is 12.5. The SMILES string of the molecule is CCCCC(=O)c1ccc(-c2ccc(N3c4ccccc4C(C)(C)c4ccccc43)cc2C)c(C)c1. The van der Waals surface area contributed by atoms with Gasteiger partial charge in [0, 0.05) is 23.1 Å². The van der Waals surface area contributed by atoms with E-state index in [0.29, 0.717) is 6.42 Å². The van der Waals surface area contributed by atoms with Crippen LogP contribution in [0.4, 0.5) is 17.1 Å². The Hall–Kier alpha value is -3.65. The quantitative estimate of drug-likeness (QED) is 0.260. The zero-order valence-electron chi connectivity index (χ0n) is 22.1.